The molecule has 104 valence electrons. The third-order valence-electron chi connectivity index (χ3n) is 3.25. The number of nitrogens with zero attached hydrogens (tertiary/aromatic N) is 3. The van der Waals surface area contributed by atoms with Crippen molar-refractivity contribution in [2.24, 2.45) is 13.0 Å². The summed E-state index contributed by atoms with van der Waals surface area (Å²) in [4.78, 5) is 24.6. The van der Waals surface area contributed by atoms with Crippen LogP contribution in [0.2, 0.25) is 0 Å². The number of aryl methyl sites for hydroxylation is 1. The normalized spacial score (nSPS) is 15.2. The molecule has 0 spiro atoms. The fraction of sp³-hybridized carbons (Fsp3) is 0.583. The van der Waals surface area contributed by atoms with Crippen LogP contribution >= 0.6 is 0 Å². The molecule has 1 aromatic rings. The first kappa shape index (κ1) is 13.5. The first-order valence-electron chi connectivity index (χ1n) is 6.15. The Bertz CT molecular complexity index is 465. The van der Waals surface area contributed by atoms with E-state index in [4.69, 9.17) is 4.74 Å². The van der Waals surface area contributed by atoms with Crippen LogP contribution in [0.3, 0.4) is 0 Å². The first-order valence-corrected chi connectivity index (χ1v) is 6.15. The zero-order valence-electron chi connectivity index (χ0n) is 11.1. The van der Waals surface area contributed by atoms with Crippen molar-refractivity contribution in [2.45, 2.75) is 6.61 Å². The molecule has 0 aliphatic carbocycles. The van der Waals surface area contributed by atoms with Crippen molar-refractivity contribution in [1.82, 2.24) is 20.0 Å². The van der Waals surface area contributed by atoms with Crippen LogP contribution in [0, 0.1) is 5.92 Å². The molecule has 2 rings (SSSR count). The van der Waals surface area contributed by atoms with Crippen molar-refractivity contribution in [3.63, 3.8) is 0 Å². The highest BCUT2D eigenvalue weighted by molar-refractivity contribution is 5.84. The predicted molar refractivity (Wildman–Crippen MR) is 67.0 cm³/mol. The average Bonchev–Trinajstić information content (AvgIpc) is 2.73. The molecule has 1 fully saturated rings. The third kappa shape index (κ3) is 3.11. The van der Waals surface area contributed by atoms with Crippen molar-refractivity contribution in [1.29, 1.82) is 0 Å². The molecular weight excluding hydrogens is 248 g/mol. The number of carbonyl (C=O) groups is 2. The molecule has 0 radical (unpaired) electrons. The number of amides is 2. The molecule has 1 N–H and O–H groups in total. The maximum atomic E-state index is 11.7. The van der Waals surface area contributed by atoms with Gasteiger partial charge in [-0.05, 0) is 6.07 Å². The van der Waals surface area contributed by atoms with E-state index in [1.165, 1.54) is 0 Å². The van der Waals surface area contributed by atoms with Crippen molar-refractivity contribution in [2.75, 3.05) is 26.7 Å². The van der Waals surface area contributed by atoms with Gasteiger partial charge in [0, 0.05) is 33.4 Å². The van der Waals surface area contributed by atoms with Gasteiger partial charge in [0.1, 0.15) is 6.61 Å². The number of rotatable bonds is 5. The second kappa shape index (κ2) is 5.83. The van der Waals surface area contributed by atoms with E-state index in [2.05, 4.69) is 10.4 Å². The molecule has 1 aliphatic heterocycles. The van der Waals surface area contributed by atoms with Crippen LogP contribution < -0.4 is 5.32 Å². The maximum absolute atomic E-state index is 11.7. The molecule has 7 nitrogen and oxygen atoms in total. The molecule has 19 heavy (non-hydrogen) atoms. The minimum absolute atomic E-state index is 0.0140. The molecule has 1 saturated heterocycles. The Morgan fingerprint density at radius 1 is 1.53 bits per heavy atom. The Balaban J connectivity index is 1.66. The minimum Gasteiger partial charge on any atom is -0.365 e. The van der Waals surface area contributed by atoms with Gasteiger partial charge in [-0.3, -0.25) is 14.3 Å². The monoisotopic (exact) mass is 266 g/mol. The quantitative estimate of drug-likeness (QED) is 0.752. The molecule has 2 amide bonds. The summed E-state index contributed by atoms with van der Waals surface area (Å²) < 4.78 is 7.05. The molecule has 7 heteroatoms. The summed E-state index contributed by atoms with van der Waals surface area (Å²) in [5.74, 6) is -0.173. The zero-order valence-corrected chi connectivity index (χ0v) is 11.1. The minimum atomic E-state index is -0.0812. The topological polar surface area (TPSA) is 76.5 Å². The van der Waals surface area contributed by atoms with Crippen LogP contribution in [-0.4, -0.2) is 53.2 Å². The Kier molecular flexibility index (Phi) is 4.16. The molecule has 0 bridgehead atoms. The van der Waals surface area contributed by atoms with E-state index in [0.29, 0.717) is 19.7 Å². The predicted octanol–water partition coefficient (Wildman–Crippen LogP) is -0.859. The van der Waals surface area contributed by atoms with Gasteiger partial charge in [0.05, 0.1) is 18.2 Å². The molecule has 0 aromatic carbocycles. The SMILES string of the molecule is CNC(=O)C1CN(C(=O)COCc2ccnn2C)C1. The van der Waals surface area contributed by atoms with Crippen molar-refractivity contribution >= 4 is 11.8 Å². The molecule has 0 atom stereocenters. The van der Waals surface area contributed by atoms with Crippen molar-refractivity contribution in [3.05, 3.63) is 18.0 Å². The van der Waals surface area contributed by atoms with Gasteiger partial charge in [0.25, 0.3) is 0 Å². The summed E-state index contributed by atoms with van der Waals surface area (Å²) in [6.45, 7) is 1.35. The number of likely N-dealkylation sites (tertiary alicyclic amines) is 1. The molecule has 0 unspecified atom stereocenters. The van der Waals surface area contributed by atoms with E-state index in [-0.39, 0.29) is 24.3 Å². The van der Waals surface area contributed by atoms with Gasteiger partial charge in [0.2, 0.25) is 11.8 Å². The number of hydrogen-bond donors (Lipinski definition) is 1. The van der Waals surface area contributed by atoms with E-state index in [0.717, 1.165) is 5.69 Å². The van der Waals surface area contributed by atoms with Gasteiger partial charge >= 0.3 is 0 Å². The highest BCUT2D eigenvalue weighted by Gasteiger charge is 2.34. The van der Waals surface area contributed by atoms with Crippen LogP contribution in [0.15, 0.2) is 12.3 Å². The van der Waals surface area contributed by atoms with Gasteiger partial charge in [-0.15, -0.1) is 0 Å². The number of hydrogen-bond acceptors (Lipinski definition) is 4. The highest BCUT2D eigenvalue weighted by Crippen LogP contribution is 2.15. The second-order valence-corrected chi connectivity index (χ2v) is 4.55. The number of ether oxygens (including phenoxy) is 1. The van der Waals surface area contributed by atoms with E-state index in [1.807, 2.05) is 13.1 Å². The van der Waals surface area contributed by atoms with Crippen LogP contribution in [0.4, 0.5) is 0 Å². The fourth-order valence-corrected chi connectivity index (χ4v) is 1.93. The standard InChI is InChI=1S/C12H18N4O3/c1-13-12(18)9-5-16(6-9)11(17)8-19-7-10-3-4-14-15(10)2/h3-4,9H,5-8H2,1-2H3,(H,13,18). The summed E-state index contributed by atoms with van der Waals surface area (Å²) in [7, 11) is 3.42. The number of nitrogens with one attached hydrogen (secondary N) is 1. The van der Waals surface area contributed by atoms with Gasteiger partial charge in [0.15, 0.2) is 0 Å². The number of aromatic nitrogens is 2. The highest BCUT2D eigenvalue weighted by atomic mass is 16.5. The van der Waals surface area contributed by atoms with Gasteiger partial charge in [-0.2, -0.15) is 5.10 Å². The summed E-state index contributed by atoms with van der Waals surface area (Å²) in [6.07, 6.45) is 1.68. The Morgan fingerprint density at radius 3 is 2.84 bits per heavy atom. The van der Waals surface area contributed by atoms with E-state index in [1.54, 1.807) is 22.8 Å². The van der Waals surface area contributed by atoms with Crippen LogP contribution in [0.5, 0.6) is 0 Å². The summed E-state index contributed by atoms with van der Waals surface area (Å²) in [5, 5.41) is 6.59. The Hall–Kier alpha value is -1.89. The molecule has 2 heterocycles. The lowest BCUT2D eigenvalue weighted by molar-refractivity contribution is -0.147. The smallest absolute Gasteiger partial charge is 0.248 e. The summed E-state index contributed by atoms with van der Waals surface area (Å²) >= 11 is 0. The lowest BCUT2D eigenvalue weighted by Gasteiger charge is -2.37. The summed E-state index contributed by atoms with van der Waals surface area (Å²) in [5.41, 5.74) is 0.916. The van der Waals surface area contributed by atoms with Crippen LogP contribution in [-0.2, 0) is 28.0 Å². The van der Waals surface area contributed by atoms with E-state index in [9.17, 15) is 9.59 Å². The average molecular weight is 266 g/mol. The lowest BCUT2D eigenvalue weighted by atomic mass is 9.99. The molecular formula is C12H18N4O3. The van der Waals surface area contributed by atoms with Crippen molar-refractivity contribution < 1.29 is 14.3 Å². The number of carbonyl (C=O) groups excluding carboxylic acids is 2. The first-order chi connectivity index (χ1) is 9.11. The zero-order chi connectivity index (χ0) is 13.8. The van der Waals surface area contributed by atoms with Crippen LogP contribution in [0.25, 0.3) is 0 Å². The second-order valence-electron chi connectivity index (χ2n) is 4.55. The molecule has 1 aromatic heterocycles. The van der Waals surface area contributed by atoms with E-state index < -0.39 is 0 Å². The van der Waals surface area contributed by atoms with Gasteiger partial charge in [-0.25, -0.2) is 0 Å². The van der Waals surface area contributed by atoms with Crippen LogP contribution in [0.1, 0.15) is 5.69 Å². The lowest BCUT2D eigenvalue weighted by Crippen LogP contribution is -2.56. The van der Waals surface area contributed by atoms with Crippen molar-refractivity contribution in [3.8, 4) is 0 Å². The maximum Gasteiger partial charge on any atom is 0.248 e. The third-order valence-corrected chi connectivity index (χ3v) is 3.25. The van der Waals surface area contributed by atoms with E-state index >= 15 is 0 Å². The fourth-order valence-electron chi connectivity index (χ4n) is 1.93. The Morgan fingerprint density at radius 2 is 2.26 bits per heavy atom. The van der Waals surface area contributed by atoms with Gasteiger partial charge < -0.3 is 15.0 Å². The largest absolute Gasteiger partial charge is 0.365 e. The summed E-state index contributed by atoms with van der Waals surface area (Å²) in [6, 6.07) is 1.84. The Labute approximate surface area is 111 Å². The molecule has 0 saturated carbocycles. The van der Waals surface area contributed by atoms with Gasteiger partial charge in [-0.1, -0.05) is 0 Å². The molecule has 1 aliphatic rings.